The van der Waals surface area contributed by atoms with Crippen LogP contribution in [0.15, 0.2) is 18.2 Å². The minimum absolute atomic E-state index is 0. The van der Waals surface area contributed by atoms with Gasteiger partial charge in [-0.3, -0.25) is 0 Å². The molecular weight excluding hydrogens is 172 g/mol. The van der Waals surface area contributed by atoms with E-state index in [-0.39, 0.29) is 18.2 Å². The van der Waals surface area contributed by atoms with Crippen molar-refractivity contribution in [2.45, 2.75) is 26.7 Å². The molecule has 2 heteroatoms. The molecule has 0 aliphatic heterocycles. The summed E-state index contributed by atoms with van der Waals surface area (Å²) in [7, 11) is 0. The second-order valence-corrected chi connectivity index (χ2v) is 3.17. The van der Waals surface area contributed by atoms with Gasteiger partial charge in [-0.1, -0.05) is 32.0 Å². The Balaban J connectivity index is 0.00000121. The normalized spacial score (nSPS) is 9.67. The maximum atomic E-state index is 10.9. The molecule has 0 radical (unpaired) electrons. The van der Waals surface area contributed by atoms with Gasteiger partial charge >= 0.3 is 0 Å². The van der Waals surface area contributed by atoms with E-state index in [1.165, 1.54) is 5.56 Å². The fraction of sp³-hybridized carbons (Fsp3) is 0.400. The van der Waals surface area contributed by atoms with E-state index < -0.39 is 0 Å². The summed E-state index contributed by atoms with van der Waals surface area (Å²) in [5.74, 6) is 0.613. The highest BCUT2D eigenvalue weighted by molar-refractivity contribution is 5.34. The van der Waals surface area contributed by atoms with Crippen molar-refractivity contribution in [1.29, 1.82) is 0 Å². The smallest absolute Gasteiger partial charge is 0.0216 e. The predicted octanol–water partition coefficient (Wildman–Crippen LogP) is -0.804. The number of hydrogen-bond acceptors (Lipinski definition) is 1. The van der Waals surface area contributed by atoms with E-state index in [2.05, 4.69) is 13.8 Å². The lowest BCUT2D eigenvalue weighted by Gasteiger charge is -2.13. The summed E-state index contributed by atoms with van der Waals surface area (Å²) in [4.78, 5) is 0. The van der Waals surface area contributed by atoms with Crippen LogP contribution in [0.2, 0.25) is 0 Å². The zero-order valence-electron chi connectivity index (χ0n) is 7.60. The van der Waals surface area contributed by atoms with E-state index in [9.17, 15) is 5.11 Å². The van der Waals surface area contributed by atoms with E-state index in [4.69, 9.17) is 0 Å². The third kappa shape index (κ3) is 2.42. The van der Waals surface area contributed by atoms with Crippen molar-refractivity contribution in [2.24, 2.45) is 0 Å². The van der Waals surface area contributed by atoms with Gasteiger partial charge in [-0.25, -0.2) is 0 Å². The Bertz CT molecular complexity index is 256. The van der Waals surface area contributed by atoms with Crippen molar-refractivity contribution in [1.82, 2.24) is 0 Å². The summed E-state index contributed by atoms with van der Waals surface area (Å²) < 4.78 is 0. The van der Waals surface area contributed by atoms with Gasteiger partial charge in [0, 0.05) is 0 Å². The van der Waals surface area contributed by atoms with Gasteiger partial charge in [0.1, 0.15) is 0 Å². The molecule has 0 aliphatic carbocycles. The molecule has 1 aromatic carbocycles. The average molecular weight is 185 g/mol. The first-order chi connectivity index (χ1) is 5.11. The Hall–Kier alpha value is -0.690. The van der Waals surface area contributed by atoms with Crippen molar-refractivity contribution in [2.75, 3.05) is 0 Å². The van der Waals surface area contributed by atoms with Crippen LogP contribution in [0, 0.1) is 6.92 Å². The molecule has 1 aromatic rings. The van der Waals surface area contributed by atoms with Gasteiger partial charge in [0.05, 0.1) is 0 Å². The largest absolute Gasteiger partial charge is 1.00 e. The molecule has 0 saturated heterocycles. The van der Waals surface area contributed by atoms with Crippen molar-refractivity contribution >= 4 is 0 Å². The molecule has 0 aromatic heterocycles. The summed E-state index contributed by atoms with van der Waals surface area (Å²) in [6, 6.07) is 5.24. The van der Waals surface area contributed by atoms with Crippen molar-refractivity contribution in [3.63, 3.8) is 0 Å². The molecule has 0 unspecified atom stereocenters. The van der Waals surface area contributed by atoms with E-state index in [1.54, 1.807) is 12.1 Å². The molecule has 0 spiro atoms. The van der Waals surface area contributed by atoms with Crippen molar-refractivity contribution in [3.8, 4) is 5.75 Å². The third-order valence-electron chi connectivity index (χ3n) is 1.86. The topological polar surface area (TPSA) is 23.1 Å². The highest BCUT2D eigenvalue weighted by Gasteiger charge is 2.00. The van der Waals surface area contributed by atoms with E-state index in [0.29, 0.717) is 5.92 Å². The number of benzene rings is 1. The quantitative estimate of drug-likeness (QED) is 0.561. The first-order valence-electron chi connectivity index (χ1n) is 3.89. The summed E-state index contributed by atoms with van der Waals surface area (Å²) >= 11 is 0. The van der Waals surface area contributed by atoms with Crippen molar-refractivity contribution in [3.05, 3.63) is 29.3 Å². The van der Waals surface area contributed by atoms with Gasteiger partial charge in [-0.15, -0.1) is 5.75 Å². The molecule has 68 valence electrons. The van der Waals surface area contributed by atoms with E-state index in [1.807, 2.05) is 13.0 Å². The maximum absolute atomic E-state index is 10.9. The van der Waals surface area contributed by atoms with Crippen LogP contribution >= 0.6 is 0 Å². The Morgan fingerprint density at radius 2 is 1.83 bits per heavy atom. The Labute approximate surface area is 79.8 Å². The fourth-order valence-electron chi connectivity index (χ4n) is 1.30. The van der Waals surface area contributed by atoms with Crippen LogP contribution in [0.3, 0.4) is 0 Å². The monoisotopic (exact) mass is 184 g/mol. The zero-order valence-corrected chi connectivity index (χ0v) is 8.35. The van der Waals surface area contributed by atoms with Crippen LogP contribution in [0.25, 0.3) is 0 Å². The first kappa shape index (κ1) is 11.3. The van der Waals surface area contributed by atoms with Crippen LogP contribution in [0.4, 0.5) is 0 Å². The van der Waals surface area contributed by atoms with Gasteiger partial charge in [0.2, 0.25) is 0 Å². The summed E-state index contributed by atoms with van der Waals surface area (Å²) in [6.45, 7) is 6.25. The Kier molecular flexibility index (Phi) is 4.11. The molecule has 0 saturated carbocycles. The van der Waals surface area contributed by atoms with Gasteiger partial charge in [-0.05, 0) is 24.0 Å². The molecule has 0 N–H and O–H groups in total. The highest BCUT2D eigenvalue weighted by Crippen LogP contribution is 2.20. The molecule has 0 fully saturated rings. The first-order valence-corrected chi connectivity index (χ1v) is 3.89. The van der Waals surface area contributed by atoms with Crippen LogP contribution < -0.4 is 17.5 Å². The second kappa shape index (κ2) is 4.36. The molecule has 0 amide bonds. The fourth-order valence-corrected chi connectivity index (χ4v) is 1.30. The van der Waals surface area contributed by atoms with Gasteiger partial charge in [0.15, 0.2) is 0 Å². The minimum Gasteiger partial charge on any atom is -1.00 e. The molecule has 0 aliphatic rings. The second-order valence-electron chi connectivity index (χ2n) is 3.17. The minimum atomic E-state index is 0. The average Bonchev–Trinajstić information content (AvgIpc) is 1.85. The third-order valence-corrected chi connectivity index (χ3v) is 1.86. The SMILES string of the molecule is Cc1cc([O-])ccc1C(C)C.[Cl-]. The van der Waals surface area contributed by atoms with Gasteiger partial charge in [-0.2, -0.15) is 0 Å². The summed E-state index contributed by atoms with van der Waals surface area (Å²) in [5.41, 5.74) is 2.37. The number of hydrogen-bond donors (Lipinski definition) is 0. The lowest BCUT2D eigenvalue weighted by atomic mass is 9.98. The molecular formula is C10H13ClO-2. The molecule has 12 heavy (non-hydrogen) atoms. The molecule has 1 rings (SSSR count). The molecule has 0 bridgehead atoms. The van der Waals surface area contributed by atoms with Crippen LogP contribution in [-0.2, 0) is 0 Å². The predicted molar refractivity (Wildman–Crippen MR) is 44.7 cm³/mol. The maximum Gasteiger partial charge on any atom is -0.0216 e. The molecule has 1 nitrogen and oxygen atoms in total. The van der Waals surface area contributed by atoms with Crippen LogP contribution in [0.1, 0.15) is 30.9 Å². The zero-order chi connectivity index (χ0) is 8.43. The Morgan fingerprint density at radius 3 is 2.25 bits per heavy atom. The molecule has 0 atom stereocenters. The summed E-state index contributed by atoms with van der Waals surface area (Å²) in [5, 5.41) is 10.9. The van der Waals surface area contributed by atoms with Crippen LogP contribution in [0.5, 0.6) is 5.75 Å². The standard InChI is InChI=1S/C10H14O.ClH/c1-7(2)10-5-4-9(11)6-8(10)3;/h4-7,11H,1-3H3;1H/p-2. The lowest BCUT2D eigenvalue weighted by Crippen LogP contribution is -3.00. The lowest BCUT2D eigenvalue weighted by molar-refractivity contribution is -0.268. The number of aryl methyl sites for hydroxylation is 1. The number of halogens is 1. The summed E-state index contributed by atoms with van der Waals surface area (Å²) in [6.07, 6.45) is 0. The van der Waals surface area contributed by atoms with Crippen molar-refractivity contribution < 1.29 is 17.5 Å². The van der Waals surface area contributed by atoms with Crippen LogP contribution in [-0.4, -0.2) is 0 Å². The number of rotatable bonds is 1. The van der Waals surface area contributed by atoms with Gasteiger partial charge in [0.25, 0.3) is 0 Å². The Morgan fingerprint density at radius 1 is 1.25 bits per heavy atom. The van der Waals surface area contributed by atoms with E-state index in [0.717, 1.165) is 5.56 Å². The van der Waals surface area contributed by atoms with E-state index >= 15 is 0 Å². The highest BCUT2D eigenvalue weighted by atomic mass is 35.5. The van der Waals surface area contributed by atoms with Gasteiger partial charge < -0.3 is 17.5 Å². The molecule has 0 heterocycles.